The van der Waals surface area contributed by atoms with Crippen LogP contribution in [0.2, 0.25) is 0 Å². The van der Waals surface area contributed by atoms with Gasteiger partial charge in [0.05, 0.1) is 5.92 Å². The molecule has 2 aromatic rings. The highest BCUT2D eigenvalue weighted by Gasteiger charge is 2.31. The summed E-state index contributed by atoms with van der Waals surface area (Å²) in [5.74, 6) is 1.96. The summed E-state index contributed by atoms with van der Waals surface area (Å²) in [7, 11) is 0. The van der Waals surface area contributed by atoms with Gasteiger partial charge in [-0.05, 0) is 25.5 Å². The van der Waals surface area contributed by atoms with Crippen LogP contribution in [0.4, 0.5) is 5.82 Å². The third-order valence-corrected chi connectivity index (χ3v) is 5.60. The van der Waals surface area contributed by atoms with E-state index in [9.17, 15) is 4.79 Å². The van der Waals surface area contributed by atoms with E-state index in [1.54, 1.807) is 17.2 Å². The highest BCUT2D eigenvalue weighted by atomic mass is 16.2. The molecule has 0 bridgehead atoms. The van der Waals surface area contributed by atoms with Gasteiger partial charge in [-0.25, -0.2) is 14.6 Å². The van der Waals surface area contributed by atoms with Gasteiger partial charge in [-0.2, -0.15) is 5.10 Å². The fourth-order valence-electron chi connectivity index (χ4n) is 3.97. The molecule has 144 valence electrons. The summed E-state index contributed by atoms with van der Waals surface area (Å²) in [6.45, 7) is 8.54. The van der Waals surface area contributed by atoms with Gasteiger partial charge in [0.25, 0.3) is 0 Å². The maximum Gasteiger partial charge on any atom is 0.227 e. The van der Waals surface area contributed by atoms with E-state index in [1.807, 2.05) is 18.3 Å². The van der Waals surface area contributed by atoms with Crippen molar-refractivity contribution in [1.82, 2.24) is 29.5 Å². The first-order valence-corrected chi connectivity index (χ1v) is 9.82. The fraction of sp³-hybridized carbons (Fsp3) is 0.579. The number of amides is 1. The fourth-order valence-corrected chi connectivity index (χ4v) is 3.97. The summed E-state index contributed by atoms with van der Waals surface area (Å²) < 4.78 is 1.73. The second-order valence-corrected chi connectivity index (χ2v) is 7.23. The van der Waals surface area contributed by atoms with Crippen molar-refractivity contribution in [1.29, 1.82) is 0 Å². The van der Waals surface area contributed by atoms with E-state index >= 15 is 0 Å². The summed E-state index contributed by atoms with van der Waals surface area (Å²) in [5, 5.41) is 4.23. The predicted molar refractivity (Wildman–Crippen MR) is 103 cm³/mol. The van der Waals surface area contributed by atoms with Crippen LogP contribution in [0.1, 0.15) is 19.8 Å². The van der Waals surface area contributed by atoms with Crippen molar-refractivity contribution in [3.8, 4) is 5.82 Å². The molecule has 27 heavy (non-hydrogen) atoms. The van der Waals surface area contributed by atoms with E-state index in [0.29, 0.717) is 5.91 Å². The summed E-state index contributed by atoms with van der Waals surface area (Å²) in [4.78, 5) is 28.4. The van der Waals surface area contributed by atoms with Crippen LogP contribution in [0.15, 0.2) is 30.9 Å². The standard InChI is InChI=1S/C19H27N7O/c1-2-23-9-11-24(12-10-23)19(27)16-5-3-7-25(14-16)17-13-18(21-15-20-17)26-8-4-6-22-26/h4,6,8,13,15-16H,2-3,5,7,9-12,14H2,1H3. The van der Waals surface area contributed by atoms with Gasteiger partial charge in [0.2, 0.25) is 5.91 Å². The Bertz CT molecular complexity index is 755. The Morgan fingerprint density at radius 3 is 2.70 bits per heavy atom. The van der Waals surface area contributed by atoms with E-state index < -0.39 is 0 Å². The zero-order valence-corrected chi connectivity index (χ0v) is 15.9. The zero-order valence-electron chi connectivity index (χ0n) is 15.9. The van der Waals surface area contributed by atoms with Gasteiger partial charge in [0, 0.05) is 57.7 Å². The molecule has 0 radical (unpaired) electrons. The molecular formula is C19H27N7O. The number of aromatic nitrogens is 4. The van der Waals surface area contributed by atoms with Crippen molar-refractivity contribution in [3.63, 3.8) is 0 Å². The number of carbonyl (C=O) groups excluding carboxylic acids is 1. The number of piperazine rings is 1. The highest BCUT2D eigenvalue weighted by molar-refractivity contribution is 5.80. The molecule has 2 saturated heterocycles. The lowest BCUT2D eigenvalue weighted by Crippen LogP contribution is -2.52. The number of rotatable bonds is 4. The first-order valence-electron chi connectivity index (χ1n) is 9.82. The molecule has 2 fully saturated rings. The van der Waals surface area contributed by atoms with Crippen LogP contribution < -0.4 is 4.90 Å². The van der Waals surface area contributed by atoms with Gasteiger partial charge < -0.3 is 14.7 Å². The van der Waals surface area contributed by atoms with E-state index in [1.165, 1.54) is 0 Å². The van der Waals surface area contributed by atoms with Crippen LogP contribution in [-0.2, 0) is 4.79 Å². The Morgan fingerprint density at radius 2 is 1.96 bits per heavy atom. The maximum absolute atomic E-state index is 13.0. The van der Waals surface area contributed by atoms with Crippen LogP contribution in [0.25, 0.3) is 5.82 Å². The lowest BCUT2D eigenvalue weighted by molar-refractivity contribution is -0.137. The van der Waals surface area contributed by atoms with Gasteiger partial charge in [-0.1, -0.05) is 6.92 Å². The van der Waals surface area contributed by atoms with Crippen molar-refractivity contribution < 1.29 is 4.79 Å². The molecule has 2 aliphatic rings. The second-order valence-electron chi connectivity index (χ2n) is 7.23. The highest BCUT2D eigenvalue weighted by Crippen LogP contribution is 2.24. The van der Waals surface area contributed by atoms with Gasteiger partial charge in [-0.3, -0.25) is 4.79 Å². The molecule has 1 atom stereocenters. The molecule has 8 nitrogen and oxygen atoms in total. The summed E-state index contributed by atoms with van der Waals surface area (Å²) in [6, 6.07) is 3.82. The van der Waals surface area contributed by atoms with Gasteiger partial charge in [0.1, 0.15) is 12.1 Å². The van der Waals surface area contributed by atoms with Crippen LogP contribution >= 0.6 is 0 Å². The van der Waals surface area contributed by atoms with Crippen LogP contribution in [0.3, 0.4) is 0 Å². The third-order valence-electron chi connectivity index (χ3n) is 5.60. The average Bonchev–Trinajstić information content (AvgIpc) is 3.28. The molecule has 8 heteroatoms. The number of nitrogens with zero attached hydrogens (tertiary/aromatic N) is 7. The number of hydrogen-bond donors (Lipinski definition) is 0. The lowest BCUT2D eigenvalue weighted by Gasteiger charge is -2.39. The lowest BCUT2D eigenvalue weighted by atomic mass is 9.96. The number of hydrogen-bond acceptors (Lipinski definition) is 6. The van der Waals surface area contributed by atoms with E-state index in [2.05, 4.69) is 36.7 Å². The number of carbonyl (C=O) groups is 1. The summed E-state index contributed by atoms with van der Waals surface area (Å²) in [6.07, 6.45) is 7.13. The van der Waals surface area contributed by atoms with E-state index in [4.69, 9.17) is 0 Å². The first-order chi connectivity index (χ1) is 13.2. The molecule has 2 aliphatic heterocycles. The molecule has 0 spiro atoms. The Hall–Kier alpha value is -2.48. The van der Waals surface area contributed by atoms with Crippen molar-refractivity contribution in [2.45, 2.75) is 19.8 Å². The van der Waals surface area contributed by atoms with Crippen molar-refractivity contribution in [3.05, 3.63) is 30.9 Å². The van der Waals surface area contributed by atoms with E-state index in [-0.39, 0.29) is 5.92 Å². The molecule has 4 heterocycles. The normalized spacial score (nSPS) is 21.4. The zero-order chi connectivity index (χ0) is 18.6. The quantitative estimate of drug-likeness (QED) is 0.802. The topological polar surface area (TPSA) is 70.4 Å². The minimum Gasteiger partial charge on any atom is -0.356 e. The molecule has 0 aliphatic carbocycles. The van der Waals surface area contributed by atoms with Crippen LogP contribution in [-0.4, -0.2) is 81.3 Å². The SMILES string of the molecule is CCN1CCN(C(=O)C2CCCN(c3cc(-n4cccn4)ncn3)C2)CC1. The van der Waals surface area contributed by atoms with E-state index in [0.717, 1.165) is 70.3 Å². The Morgan fingerprint density at radius 1 is 1.15 bits per heavy atom. The molecule has 0 aromatic carbocycles. The number of piperidine rings is 1. The molecule has 1 amide bonds. The maximum atomic E-state index is 13.0. The Kier molecular flexibility index (Phi) is 5.33. The number of likely N-dealkylation sites (N-methyl/N-ethyl adjacent to an activating group) is 1. The Labute approximate surface area is 159 Å². The molecule has 0 saturated carbocycles. The summed E-state index contributed by atoms with van der Waals surface area (Å²) in [5.41, 5.74) is 0. The van der Waals surface area contributed by atoms with Crippen molar-refractivity contribution >= 4 is 11.7 Å². The Balaban J connectivity index is 1.42. The number of anilines is 1. The monoisotopic (exact) mass is 369 g/mol. The van der Waals surface area contributed by atoms with Crippen LogP contribution in [0.5, 0.6) is 0 Å². The molecule has 4 rings (SSSR count). The van der Waals surface area contributed by atoms with Gasteiger partial charge in [-0.15, -0.1) is 0 Å². The largest absolute Gasteiger partial charge is 0.356 e. The van der Waals surface area contributed by atoms with Gasteiger partial charge in [0.15, 0.2) is 5.82 Å². The molecule has 0 N–H and O–H groups in total. The van der Waals surface area contributed by atoms with Gasteiger partial charge >= 0.3 is 0 Å². The molecule has 1 unspecified atom stereocenters. The minimum absolute atomic E-state index is 0.0510. The first kappa shape index (κ1) is 17.9. The average molecular weight is 369 g/mol. The second kappa shape index (κ2) is 8.04. The van der Waals surface area contributed by atoms with Crippen molar-refractivity contribution in [2.24, 2.45) is 5.92 Å². The van der Waals surface area contributed by atoms with Crippen LogP contribution in [0, 0.1) is 5.92 Å². The van der Waals surface area contributed by atoms with Crippen molar-refractivity contribution in [2.75, 3.05) is 50.7 Å². The summed E-state index contributed by atoms with van der Waals surface area (Å²) >= 11 is 0. The molecule has 2 aromatic heterocycles. The third kappa shape index (κ3) is 3.95. The molecular weight excluding hydrogens is 342 g/mol. The smallest absolute Gasteiger partial charge is 0.227 e. The predicted octanol–water partition coefficient (Wildman–Crippen LogP) is 1.04. The minimum atomic E-state index is 0.0510.